The van der Waals surface area contributed by atoms with E-state index in [4.69, 9.17) is 9.72 Å². The van der Waals surface area contributed by atoms with Crippen molar-refractivity contribution < 1.29 is 4.74 Å². The van der Waals surface area contributed by atoms with Crippen molar-refractivity contribution in [2.24, 2.45) is 0 Å². The maximum absolute atomic E-state index is 5.68. The van der Waals surface area contributed by atoms with Gasteiger partial charge < -0.3 is 4.74 Å². The number of ether oxygens (including phenoxy) is 1. The number of benzene rings is 1. The van der Waals surface area contributed by atoms with Crippen LogP contribution in [0.3, 0.4) is 0 Å². The number of aromatic nitrogens is 4. The molecular formula is C18H16N4O. The number of imidazole rings is 1. The number of hydrogen-bond donors (Lipinski definition) is 0. The van der Waals surface area contributed by atoms with Crippen LogP contribution in [0.4, 0.5) is 0 Å². The molecule has 0 saturated carbocycles. The van der Waals surface area contributed by atoms with E-state index in [1.807, 2.05) is 54.6 Å². The Kier molecular flexibility index (Phi) is 3.19. The Morgan fingerprint density at radius 3 is 2.61 bits per heavy atom. The lowest BCUT2D eigenvalue weighted by Gasteiger charge is -2.10. The minimum absolute atomic E-state index is 0.167. The zero-order chi connectivity index (χ0) is 15.8. The van der Waals surface area contributed by atoms with Crippen LogP contribution < -0.4 is 4.74 Å². The van der Waals surface area contributed by atoms with Gasteiger partial charge in [0.25, 0.3) is 0 Å². The molecule has 0 amide bonds. The van der Waals surface area contributed by atoms with Gasteiger partial charge in [-0.25, -0.2) is 9.97 Å². The number of nitrogens with zero attached hydrogens (tertiary/aromatic N) is 4. The van der Waals surface area contributed by atoms with Crippen LogP contribution in [0.5, 0.6) is 5.75 Å². The summed E-state index contributed by atoms with van der Waals surface area (Å²) in [6.07, 6.45) is 5.50. The van der Waals surface area contributed by atoms with Crippen molar-refractivity contribution in [1.82, 2.24) is 19.4 Å². The van der Waals surface area contributed by atoms with Gasteiger partial charge in [-0.05, 0) is 50.2 Å². The second kappa shape index (κ2) is 5.35. The molecule has 0 saturated heterocycles. The maximum Gasteiger partial charge on any atom is 0.165 e. The van der Waals surface area contributed by atoms with E-state index in [0.717, 1.165) is 33.7 Å². The molecule has 23 heavy (non-hydrogen) atoms. The van der Waals surface area contributed by atoms with E-state index in [9.17, 15) is 0 Å². The van der Waals surface area contributed by atoms with Crippen molar-refractivity contribution in [3.05, 3.63) is 55.1 Å². The van der Waals surface area contributed by atoms with Gasteiger partial charge >= 0.3 is 0 Å². The van der Waals surface area contributed by atoms with E-state index in [2.05, 4.69) is 9.97 Å². The van der Waals surface area contributed by atoms with E-state index < -0.39 is 0 Å². The molecule has 0 N–H and O–H groups in total. The van der Waals surface area contributed by atoms with Gasteiger partial charge in [-0.1, -0.05) is 0 Å². The molecule has 4 aromatic rings. The van der Waals surface area contributed by atoms with Crippen LogP contribution in [-0.4, -0.2) is 25.5 Å². The fraction of sp³-hybridized carbons (Fsp3) is 0.167. The lowest BCUT2D eigenvalue weighted by molar-refractivity contribution is 0.242. The average Bonchev–Trinajstić information content (AvgIpc) is 3.03. The van der Waals surface area contributed by atoms with Crippen molar-refractivity contribution in [1.29, 1.82) is 0 Å². The third-order valence-corrected chi connectivity index (χ3v) is 3.61. The molecule has 0 aliphatic carbocycles. The highest BCUT2D eigenvalue weighted by Gasteiger charge is 2.07. The van der Waals surface area contributed by atoms with E-state index in [0.29, 0.717) is 0 Å². The van der Waals surface area contributed by atoms with Crippen molar-refractivity contribution in [2.75, 3.05) is 0 Å². The molecule has 4 rings (SSSR count). The normalized spacial score (nSPS) is 11.4. The van der Waals surface area contributed by atoms with Gasteiger partial charge in [0.1, 0.15) is 17.6 Å². The SMILES string of the molecule is CC(C)Oc1ccc(-c2ccc3ncc4cncn4c3n2)cc1. The largest absolute Gasteiger partial charge is 0.491 e. The van der Waals surface area contributed by atoms with Crippen LogP contribution in [0, 0.1) is 0 Å². The standard InChI is InChI=1S/C18H16N4O/c1-12(2)23-15-5-3-13(4-6-15)16-7-8-17-18(21-16)22-11-19-9-14(22)10-20-17/h3-12H,1-2H3. The average molecular weight is 304 g/mol. The third-order valence-electron chi connectivity index (χ3n) is 3.61. The highest BCUT2D eigenvalue weighted by atomic mass is 16.5. The van der Waals surface area contributed by atoms with Crippen molar-refractivity contribution in [3.63, 3.8) is 0 Å². The van der Waals surface area contributed by atoms with Crippen LogP contribution in [-0.2, 0) is 0 Å². The summed E-state index contributed by atoms with van der Waals surface area (Å²) in [4.78, 5) is 13.3. The Morgan fingerprint density at radius 2 is 1.83 bits per heavy atom. The van der Waals surface area contributed by atoms with Gasteiger partial charge in [0.05, 0.1) is 29.7 Å². The Hall–Kier alpha value is -2.95. The van der Waals surface area contributed by atoms with E-state index in [1.165, 1.54) is 0 Å². The highest BCUT2D eigenvalue weighted by molar-refractivity contribution is 5.77. The van der Waals surface area contributed by atoms with Gasteiger partial charge in [0.15, 0.2) is 5.65 Å². The zero-order valence-corrected chi connectivity index (χ0v) is 13.0. The molecule has 0 unspecified atom stereocenters. The number of pyridine rings is 1. The molecule has 0 aliphatic rings. The Morgan fingerprint density at radius 1 is 1.00 bits per heavy atom. The van der Waals surface area contributed by atoms with Crippen LogP contribution in [0.15, 0.2) is 55.1 Å². The topological polar surface area (TPSA) is 52.3 Å². The number of fused-ring (bicyclic) bond motifs is 3. The lowest BCUT2D eigenvalue weighted by atomic mass is 10.1. The van der Waals surface area contributed by atoms with Crippen LogP contribution in [0.25, 0.3) is 27.9 Å². The fourth-order valence-corrected chi connectivity index (χ4v) is 2.57. The summed E-state index contributed by atoms with van der Waals surface area (Å²) < 4.78 is 7.63. The highest BCUT2D eigenvalue weighted by Crippen LogP contribution is 2.23. The Bertz CT molecular complexity index is 973. The second-order valence-corrected chi connectivity index (χ2v) is 5.68. The minimum atomic E-state index is 0.167. The summed E-state index contributed by atoms with van der Waals surface area (Å²) in [5.41, 5.74) is 4.53. The van der Waals surface area contributed by atoms with Gasteiger partial charge in [-0.15, -0.1) is 0 Å². The van der Waals surface area contributed by atoms with Crippen LogP contribution in [0.1, 0.15) is 13.8 Å². The summed E-state index contributed by atoms with van der Waals surface area (Å²) in [7, 11) is 0. The minimum Gasteiger partial charge on any atom is -0.491 e. The first-order chi connectivity index (χ1) is 11.2. The summed E-state index contributed by atoms with van der Waals surface area (Å²) in [6, 6.07) is 11.9. The number of rotatable bonds is 3. The van der Waals surface area contributed by atoms with Crippen molar-refractivity contribution in [2.45, 2.75) is 20.0 Å². The molecule has 5 heteroatoms. The second-order valence-electron chi connectivity index (χ2n) is 5.68. The predicted octanol–water partition coefficient (Wildman–Crippen LogP) is 3.73. The fourth-order valence-electron chi connectivity index (χ4n) is 2.57. The van der Waals surface area contributed by atoms with Gasteiger partial charge in [-0.3, -0.25) is 9.38 Å². The van der Waals surface area contributed by atoms with Crippen molar-refractivity contribution in [3.8, 4) is 17.0 Å². The van der Waals surface area contributed by atoms with E-state index in [1.54, 1.807) is 18.7 Å². The summed E-state index contributed by atoms with van der Waals surface area (Å²) in [5, 5.41) is 0. The molecule has 0 aliphatic heterocycles. The lowest BCUT2D eigenvalue weighted by Crippen LogP contribution is -2.05. The van der Waals surface area contributed by atoms with Gasteiger partial charge in [0, 0.05) is 5.56 Å². The smallest absolute Gasteiger partial charge is 0.165 e. The first-order valence-electron chi connectivity index (χ1n) is 7.55. The first kappa shape index (κ1) is 13.7. The Labute approximate surface area is 133 Å². The maximum atomic E-state index is 5.68. The molecular weight excluding hydrogens is 288 g/mol. The molecule has 0 atom stereocenters. The van der Waals surface area contributed by atoms with Crippen LogP contribution in [0.2, 0.25) is 0 Å². The zero-order valence-electron chi connectivity index (χ0n) is 13.0. The van der Waals surface area contributed by atoms with Crippen molar-refractivity contribution >= 4 is 16.7 Å². The van der Waals surface area contributed by atoms with Crippen LogP contribution >= 0.6 is 0 Å². The summed E-state index contributed by atoms with van der Waals surface area (Å²) in [6.45, 7) is 4.03. The Balaban J connectivity index is 1.79. The molecule has 0 spiro atoms. The molecule has 1 aromatic carbocycles. The molecule has 5 nitrogen and oxygen atoms in total. The quantitative estimate of drug-likeness (QED) is 0.578. The molecule has 3 aromatic heterocycles. The molecule has 3 heterocycles. The first-order valence-corrected chi connectivity index (χ1v) is 7.55. The van der Waals surface area contributed by atoms with E-state index >= 15 is 0 Å². The van der Waals surface area contributed by atoms with E-state index in [-0.39, 0.29) is 6.10 Å². The summed E-state index contributed by atoms with van der Waals surface area (Å²) >= 11 is 0. The van der Waals surface area contributed by atoms with Gasteiger partial charge in [0.2, 0.25) is 0 Å². The molecule has 0 fully saturated rings. The number of hydrogen-bond acceptors (Lipinski definition) is 4. The molecule has 114 valence electrons. The monoisotopic (exact) mass is 304 g/mol. The van der Waals surface area contributed by atoms with Gasteiger partial charge in [-0.2, -0.15) is 0 Å². The third kappa shape index (κ3) is 2.50. The molecule has 0 bridgehead atoms. The predicted molar refractivity (Wildman–Crippen MR) is 89.5 cm³/mol. The molecule has 0 radical (unpaired) electrons. The summed E-state index contributed by atoms with van der Waals surface area (Å²) in [5.74, 6) is 0.864.